The number of aryl methyl sites for hydroxylation is 1. The van der Waals surface area contributed by atoms with Gasteiger partial charge in [0.25, 0.3) is 0 Å². The number of hydrogen-bond donors (Lipinski definition) is 1. The van der Waals surface area contributed by atoms with Gasteiger partial charge in [-0.25, -0.2) is 0 Å². The minimum absolute atomic E-state index is 0.0456. The van der Waals surface area contributed by atoms with Gasteiger partial charge in [-0.05, 0) is 42.3 Å². The third kappa shape index (κ3) is 3.49. The molecule has 0 radical (unpaired) electrons. The van der Waals surface area contributed by atoms with E-state index < -0.39 is 0 Å². The van der Waals surface area contributed by atoms with Gasteiger partial charge < -0.3 is 14.6 Å². The zero-order valence-electron chi connectivity index (χ0n) is 12.8. The first kappa shape index (κ1) is 16.1. The van der Waals surface area contributed by atoms with E-state index >= 15 is 0 Å². The third-order valence-corrected chi connectivity index (χ3v) is 4.43. The second-order valence-corrected chi connectivity index (χ2v) is 5.76. The molecular formula is C17H18O4S. The van der Waals surface area contributed by atoms with Gasteiger partial charge in [0.2, 0.25) is 5.75 Å². The van der Waals surface area contributed by atoms with Crippen molar-refractivity contribution in [1.29, 1.82) is 0 Å². The van der Waals surface area contributed by atoms with Gasteiger partial charge in [-0.1, -0.05) is 13.0 Å². The lowest BCUT2D eigenvalue weighted by Crippen LogP contribution is -1.91. The van der Waals surface area contributed by atoms with E-state index in [-0.39, 0.29) is 11.5 Å². The lowest BCUT2D eigenvalue weighted by Gasteiger charge is -2.09. The summed E-state index contributed by atoms with van der Waals surface area (Å²) >= 11 is 1.50. The number of methoxy groups -OCH3 is 2. The van der Waals surface area contributed by atoms with Crippen LogP contribution in [0.2, 0.25) is 0 Å². The van der Waals surface area contributed by atoms with E-state index in [1.807, 2.05) is 12.1 Å². The molecule has 1 aromatic carbocycles. The molecule has 1 heterocycles. The van der Waals surface area contributed by atoms with E-state index in [2.05, 4.69) is 6.92 Å². The highest BCUT2D eigenvalue weighted by atomic mass is 32.1. The van der Waals surface area contributed by atoms with Gasteiger partial charge in [-0.3, -0.25) is 4.79 Å². The normalized spacial score (nSPS) is 10.9. The molecule has 2 rings (SSSR count). The average Bonchev–Trinajstić information content (AvgIpc) is 3.02. The molecule has 0 aliphatic rings. The first-order valence-electron chi connectivity index (χ1n) is 6.85. The third-order valence-electron chi connectivity index (χ3n) is 3.18. The fraction of sp³-hybridized carbons (Fsp3) is 0.235. The predicted molar refractivity (Wildman–Crippen MR) is 88.3 cm³/mol. The van der Waals surface area contributed by atoms with Gasteiger partial charge in [0.05, 0.1) is 19.1 Å². The number of phenolic OH excluding ortho intramolecular Hbond substituents is 1. The molecule has 22 heavy (non-hydrogen) atoms. The summed E-state index contributed by atoms with van der Waals surface area (Å²) in [5.74, 6) is 0.502. The van der Waals surface area contributed by atoms with Gasteiger partial charge in [0, 0.05) is 4.88 Å². The molecule has 2 aromatic rings. The lowest BCUT2D eigenvalue weighted by atomic mass is 10.1. The van der Waals surface area contributed by atoms with E-state index in [1.165, 1.54) is 36.5 Å². The topological polar surface area (TPSA) is 55.8 Å². The quantitative estimate of drug-likeness (QED) is 0.647. The number of carbonyl (C=O) groups is 1. The molecule has 5 heteroatoms. The molecule has 0 aliphatic heterocycles. The number of benzene rings is 1. The van der Waals surface area contributed by atoms with Crippen LogP contribution in [0.15, 0.2) is 30.3 Å². The first-order valence-corrected chi connectivity index (χ1v) is 7.66. The Labute approximate surface area is 133 Å². The van der Waals surface area contributed by atoms with Crippen LogP contribution in [0.25, 0.3) is 6.08 Å². The Morgan fingerprint density at radius 2 is 1.86 bits per heavy atom. The molecule has 1 aromatic heterocycles. The van der Waals surface area contributed by atoms with Crippen molar-refractivity contribution in [1.82, 2.24) is 0 Å². The number of hydrogen-bond acceptors (Lipinski definition) is 5. The number of allylic oxidation sites excluding steroid dienone is 1. The Balaban J connectivity index is 2.24. The SMILES string of the molecule is CCc1ccc(C(=O)/C=C/c2cc(OC)c(O)c(OC)c2)s1. The second kappa shape index (κ2) is 7.13. The zero-order valence-corrected chi connectivity index (χ0v) is 13.6. The number of ether oxygens (including phenoxy) is 2. The summed E-state index contributed by atoms with van der Waals surface area (Å²) in [5.41, 5.74) is 0.715. The second-order valence-electron chi connectivity index (χ2n) is 4.59. The Morgan fingerprint density at radius 3 is 2.36 bits per heavy atom. The highest BCUT2D eigenvalue weighted by Gasteiger charge is 2.10. The summed E-state index contributed by atoms with van der Waals surface area (Å²) in [6.45, 7) is 2.06. The van der Waals surface area contributed by atoms with Gasteiger partial charge in [0.1, 0.15) is 0 Å². The predicted octanol–water partition coefficient (Wildman–Crippen LogP) is 3.93. The molecule has 0 fully saturated rings. The smallest absolute Gasteiger partial charge is 0.200 e. The molecule has 0 unspecified atom stereocenters. The fourth-order valence-electron chi connectivity index (χ4n) is 1.96. The number of rotatable bonds is 6. The van der Waals surface area contributed by atoms with E-state index in [4.69, 9.17) is 9.47 Å². The molecule has 0 spiro atoms. The van der Waals surface area contributed by atoms with Crippen molar-refractivity contribution < 1.29 is 19.4 Å². The summed E-state index contributed by atoms with van der Waals surface area (Å²) in [7, 11) is 2.93. The first-order chi connectivity index (χ1) is 10.6. The number of thiophene rings is 1. The summed E-state index contributed by atoms with van der Waals surface area (Å²) in [5, 5.41) is 9.86. The summed E-state index contributed by atoms with van der Waals surface area (Å²) in [4.78, 5) is 14.0. The minimum atomic E-state index is -0.0562. The van der Waals surface area contributed by atoms with Crippen molar-refractivity contribution in [2.24, 2.45) is 0 Å². The molecule has 0 aliphatic carbocycles. The van der Waals surface area contributed by atoms with Crippen LogP contribution < -0.4 is 9.47 Å². The maximum Gasteiger partial charge on any atom is 0.200 e. The van der Waals surface area contributed by atoms with Gasteiger partial charge in [-0.15, -0.1) is 11.3 Å². The largest absolute Gasteiger partial charge is 0.502 e. The molecule has 0 saturated carbocycles. The number of ketones is 1. The van der Waals surface area contributed by atoms with Crippen molar-refractivity contribution >= 4 is 23.2 Å². The van der Waals surface area contributed by atoms with Crippen LogP contribution in [0, 0.1) is 0 Å². The van der Waals surface area contributed by atoms with Crippen molar-refractivity contribution in [2.75, 3.05) is 14.2 Å². The number of phenols is 1. The van der Waals surface area contributed by atoms with E-state index in [1.54, 1.807) is 18.2 Å². The monoisotopic (exact) mass is 318 g/mol. The van der Waals surface area contributed by atoms with Crippen LogP contribution in [0.3, 0.4) is 0 Å². The van der Waals surface area contributed by atoms with E-state index in [9.17, 15) is 9.90 Å². The highest BCUT2D eigenvalue weighted by molar-refractivity contribution is 7.14. The summed E-state index contributed by atoms with van der Waals surface area (Å²) in [6, 6.07) is 7.10. The summed E-state index contributed by atoms with van der Waals surface area (Å²) < 4.78 is 10.2. The zero-order chi connectivity index (χ0) is 16.1. The number of aromatic hydroxyl groups is 1. The van der Waals surface area contributed by atoms with Crippen molar-refractivity contribution in [3.8, 4) is 17.2 Å². The molecule has 1 N–H and O–H groups in total. The fourth-order valence-corrected chi connectivity index (χ4v) is 2.83. The average molecular weight is 318 g/mol. The molecular weight excluding hydrogens is 300 g/mol. The molecule has 0 bridgehead atoms. The van der Waals surface area contributed by atoms with Crippen molar-refractivity contribution in [3.05, 3.63) is 45.7 Å². The van der Waals surface area contributed by atoms with Gasteiger partial charge in [-0.2, -0.15) is 0 Å². The number of carbonyl (C=O) groups excluding carboxylic acids is 1. The maximum atomic E-state index is 12.1. The van der Waals surface area contributed by atoms with Gasteiger partial charge in [0.15, 0.2) is 17.3 Å². The van der Waals surface area contributed by atoms with Crippen molar-refractivity contribution in [3.63, 3.8) is 0 Å². The van der Waals surface area contributed by atoms with Crippen LogP contribution in [0.1, 0.15) is 27.0 Å². The molecule has 4 nitrogen and oxygen atoms in total. The van der Waals surface area contributed by atoms with E-state index in [0.29, 0.717) is 21.9 Å². The molecule has 0 amide bonds. The Kier molecular flexibility index (Phi) is 5.22. The Bertz CT molecular complexity index is 675. The van der Waals surface area contributed by atoms with Crippen LogP contribution in [-0.4, -0.2) is 25.1 Å². The standard InChI is InChI=1S/C17H18O4S/c1-4-12-6-8-16(22-12)13(18)7-5-11-9-14(20-2)17(19)15(10-11)21-3/h5-10,19H,4H2,1-3H3/b7-5+. The van der Waals surface area contributed by atoms with Crippen LogP contribution in [0.5, 0.6) is 17.2 Å². The van der Waals surface area contributed by atoms with E-state index in [0.717, 1.165) is 6.42 Å². The van der Waals surface area contributed by atoms with Crippen LogP contribution >= 0.6 is 11.3 Å². The summed E-state index contributed by atoms with van der Waals surface area (Å²) in [6.07, 6.45) is 4.11. The van der Waals surface area contributed by atoms with Gasteiger partial charge >= 0.3 is 0 Å². The minimum Gasteiger partial charge on any atom is -0.502 e. The molecule has 0 saturated heterocycles. The highest BCUT2D eigenvalue weighted by Crippen LogP contribution is 2.37. The molecule has 116 valence electrons. The van der Waals surface area contributed by atoms with Crippen LogP contribution in [0.4, 0.5) is 0 Å². The Hall–Kier alpha value is -2.27. The lowest BCUT2D eigenvalue weighted by molar-refractivity contribution is 0.105. The maximum absolute atomic E-state index is 12.1. The van der Waals surface area contributed by atoms with Crippen molar-refractivity contribution in [2.45, 2.75) is 13.3 Å². The van der Waals surface area contributed by atoms with Crippen LogP contribution in [-0.2, 0) is 6.42 Å². The molecule has 0 atom stereocenters. The Morgan fingerprint density at radius 1 is 1.23 bits per heavy atom.